The zero-order chi connectivity index (χ0) is 30.2. The first-order valence-corrected chi connectivity index (χ1v) is 13.6. The molecule has 0 radical (unpaired) electrons. The standard InChI is InChI=1S/C31H31F2N7O2/c1-18-7-5-9-24(26(18)33)42-21-10-11-22(23(32)13-21)27-25-28(35)36-17-37-29(25)40(38-27)16-20-8-6-12-39(20)30(41)19(15-34)14-31(2,3)4/h5,7,9-11,13-14,17,20H,6,8,12,16H2,1-4H3,(H2,35,36,37). The monoisotopic (exact) mass is 571 g/mol. The minimum absolute atomic E-state index is 0.0120. The van der Waals surface area contributed by atoms with Crippen LogP contribution in [0.4, 0.5) is 14.6 Å². The Kier molecular flexibility index (Phi) is 7.65. The summed E-state index contributed by atoms with van der Waals surface area (Å²) in [6, 6.07) is 10.7. The number of ether oxygens (including phenoxy) is 1. The molecular weight excluding hydrogens is 540 g/mol. The van der Waals surface area contributed by atoms with Crippen molar-refractivity contribution in [3.63, 3.8) is 0 Å². The van der Waals surface area contributed by atoms with E-state index in [9.17, 15) is 14.4 Å². The number of rotatable bonds is 6. The summed E-state index contributed by atoms with van der Waals surface area (Å²) in [5.41, 5.74) is 7.15. The summed E-state index contributed by atoms with van der Waals surface area (Å²) in [5.74, 6) is -1.27. The summed E-state index contributed by atoms with van der Waals surface area (Å²) in [7, 11) is 0. The first-order chi connectivity index (χ1) is 20.0. The van der Waals surface area contributed by atoms with E-state index >= 15 is 4.39 Å². The first kappa shape index (κ1) is 28.7. The summed E-state index contributed by atoms with van der Waals surface area (Å²) in [6.07, 6.45) is 4.46. The van der Waals surface area contributed by atoms with E-state index in [-0.39, 0.29) is 58.1 Å². The maximum Gasteiger partial charge on any atom is 0.264 e. The van der Waals surface area contributed by atoms with Crippen molar-refractivity contribution < 1.29 is 18.3 Å². The summed E-state index contributed by atoms with van der Waals surface area (Å²) in [6.45, 7) is 8.18. The van der Waals surface area contributed by atoms with Crippen LogP contribution in [0.25, 0.3) is 22.3 Å². The molecule has 5 rings (SSSR count). The van der Waals surface area contributed by atoms with Crippen molar-refractivity contribution in [3.8, 4) is 28.8 Å². The molecule has 1 atom stereocenters. The minimum Gasteiger partial charge on any atom is -0.454 e. The molecular formula is C31H31F2N7O2. The quantitative estimate of drug-likeness (QED) is 0.224. The number of aromatic nitrogens is 4. The fraction of sp³-hybridized carbons (Fsp3) is 0.323. The van der Waals surface area contributed by atoms with Crippen LogP contribution in [-0.2, 0) is 11.3 Å². The van der Waals surface area contributed by atoms with E-state index in [0.717, 1.165) is 12.5 Å². The lowest BCUT2D eigenvalue weighted by atomic mass is 9.93. The third kappa shape index (κ3) is 5.65. The number of halogens is 2. The average Bonchev–Trinajstić information content (AvgIpc) is 3.55. The van der Waals surface area contributed by atoms with Crippen molar-refractivity contribution in [2.75, 3.05) is 12.3 Å². The molecule has 11 heteroatoms. The molecule has 1 fully saturated rings. The Morgan fingerprint density at radius 3 is 2.74 bits per heavy atom. The molecule has 1 aliphatic rings. The second-order valence-electron chi connectivity index (χ2n) is 11.4. The van der Waals surface area contributed by atoms with E-state index in [1.165, 1.54) is 24.5 Å². The van der Waals surface area contributed by atoms with Crippen LogP contribution < -0.4 is 10.5 Å². The van der Waals surface area contributed by atoms with Crippen molar-refractivity contribution in [1.82, 2.24) is 24.6 Å². The number of hydrogen-bond acceptors (Lipinski definition) is 7. The summed E-state index contributed by atoms with van der Waals surface area (Å²) >= 11 is 0. The third-order valence-corrected chi connectivity index (χ3v) is 7.09. The highest BCUT2D eigenvalue weighted by atomic mass is 19.1. The summed E-state index contributed by atoms with van der Waals surface area (Å²) < 4.78 is 37.2. The molecule has 0 saturated carbocycles. The van der Waals surface area contributed by atoms with Gasteiger partial charge in [0.15, 0.2) is 17.2 Å². The van der Waals surface area contributed by atoms with Crippen LogP contribution in [0, 0.1) is 35.3 Å². The van der Waals surface area contributed by atoms with Crippen LogP contribution >= 0.6 is 0 Å². The maximum absolute atomic E-state index is 15.5. The zero-order valence-corrected chi connectivity index (χ0v) is 23.9. The molecule has 1 amide bonds. The molecule has 2 aromatic heterocycles. The molecule has 0 bridgehead atoms. The number of amides is 1. The van der Waals surface area contributed by atoms with Gasteiger partial charge in [-0.05, 0) is 48.9 Å². The Morgan fingerprint density at radius 1 is 1.24 bits per heavy atom. The number of carbonyl (C=O) groups excluding carboxylic acids is 1. The lowest BCUT2D eigenvalue weighted by molar-refractivity contribution is -0.127. The normalized spacial score (nSPS) is 15.7. The van der Waals surface area contributed by atoms with Gasteiger partial charge in [-0.15, -0.1) is 0 Å². The molecule has 1 aliphatic heterocycles. The van der Waals surface area contributed by atoms with Crippen LogP contribution in [0.2, 0.25) is 0 Å². The molecule has 42 heavy (non-hydrogen) atoms. The van der Waals surface area contributed by atoms with Crippen LogP contribution in [0.5, 0.6) is 11.5 Å². The Bertz CT molecular complexity index is 1750. The number of benzene rings is 2. The van der Waals surface area contributed by atoms with Gasteiger partial charge < -0.3 is 15.4 Å². The van der Waals surface area contributed by atoms with Crippen molar-refractivity contribution in [2.45, 2.75) is 53.1 Å². The van der Waals surface area contributed by atoms with Gasteiger partial charge in [0.05, 0.1) is 18.0 Å². The number of carbonyl (C=O) groups is 1. The lowest BCUT2D eigenvalue weighted by Crippen LogP contribution is -2.39. The smallest absolute Gasteiger partial charge is 0.264 e. The molecule has 0 aliphatic carbocycles. The Balaban J connectivity index is 1.48. The molecule has 216 valence electrons. The Labute approximate surface area is 242 Å². The van der Waals surface area contributed by atoms with E-state index in [1.54, 1.807) is 34.7 Å². The van der Waals surface area contributed by atoms with Gasteiger partial charge in [-0.3, -0.25) is 4.79 Å². The van der Waals surface area contributed by atoms with E-state index in [1.807, 2.05) is 20.8 Å². The largest absolute Gasteiger partial charge is 0.454 e. The number of hydrogen-bond donors (Lipinski definition) is 1. The number of nitrogens with zero attached hydrogens (tertiary/aromatic N) is 6. The fourth-order valence-electron chi connectivity index (χ4n) is 5.15. The van der Waals surface area contributed by atoms with Gasteiger partial charge in [-0.1, -0.05) is 39.0 Å². The summed E-state index contributed by atoms with van der Waals surface area (Å²) in [5, 5.41) is 14.7. The van der Waals surface area contributed by atoms with Gasteiger partial charge in [0.25, 0.3) is 5.91 Å². The molecule has 3 heterocycles. The molecule has 0 spiro atoms. The molecule has 4 aromatic rings. The second-order valence-corrected chi connectivity index (χ2v) is 11.4. The maximum atomic E-state index is 15.5. The molecule has 9 nitrogen and oxygen atoms in total. The van der Waals surface area contributed by atoms with Gasteiger partial charge in [0.2, 0.25) is 0 Å². The van der Waals surface area contributed by atoms with E-state index in [0.29, 0.717) is 29.6 Å². The number of fused-ring (bicyclic) bond motifs is 1. The highest BCUT2D eigenvalue weighted by Gasteiger charge is 2.33. The van der Waals surface area contributed by atoms with Gasteiger partial charge in [0, 0.05) is 18.2 Å². The van der Waals surface area contributed by atoms with Gasteiger partial charge in [0.1, 0.15) is 41.0 Å². The lowest BCUT2D eigenvalue weighted by Gasteiger charge is -2.25. The van der Waals surface area contributed by atoms with Gasteiger partial charge in [-0.25, -0.2) is 23.4 Å². The second kappa shape index (κ2) is 11.2. The first-order valence-electron chi connectivity index (χ1n) is 13.6. The average molecular weight is 572 g/mol. The topological polar surface area (TPSA) is 123 Å². The number of allylic oxidation sites excluding steroid dienone is 1. The third-order valence-electron chi connectivity index (χ3n) is 7.09. The SMILES string of the molecule is Cc1cccc(Oc2ccc(-c3nn(CC4CCCN4C(=O)C(C#N)=CC(C)(C)C)c4ncnc(N)c34)c(F)c2)c1F. The van der Waals surface area contributed by atoms with E-state index in [4.69, 9.17) is 10.5 Å². The van der Waals surface area contributed by atoms with Crippen LogP contribution in [0.1, 0.15) is 39.2 Å². The van der Waals surface area contributed by atoms with Crippen LogP contribution in [0.15, 0.2) is 54.4 Å². The van der Waals surface area contributed by atoms with Crippen molar-refractivity contribution >= 4 is 22.8 Å². The van der Waals surface area contributed by atoms with E-state index < -0.39 is 11.6 Å². The number of nitrogens with two attached hydrogens (primary N) is 1. The highest BCUT2D eigenvalue weighted by molar-refractivity contribution is 5.99. The number of likely N-dealkylation sites (tertiary alicyclic amines) is 1. The predicted molar refractivity (Wildman–Crippen MR) is 154 cm³/mol. The molecule has 2 aromatic carbocycles. The zero-order valence-electron chi connectivity index (χ0n) is 23.9. The van der Waals surface area contributed by atoms with Gasteiger partial charge in [-0.2, -0.15) is 10.4 Å². The Morgan fingerprint density at radius 2 is 2.02 bits per heavy atom. The van der Waals surface area contributed by atoms with Crippen molar-refractivity contribution in [2.24, 2.45) is 5.41 Å². The predicted octanol–water partition coefficient (Wildman–Crippen LogP) is 5.94. The van der Waals surface area contributed by atoms with Crippen LogP contribution in [-0.4, -0.2) is 43.1 Å². The number of nitriles is 1. The highest BCUT2D eigenvalue weighted by Crippen LogP contribution is 2.35. The van der Waals surface area contributed by atoms with Crippen molar-refractivity contribution in [1.29, 1.82) is 5.26 Å². The van der Waals surface area contributed by atoms with E-state index in [2.05, 4.69) is 21.1 Å². The molecule has 2 N–H and O–H groups in total. The van der Waals surface area contributed by atoms with Crippen molar-refractivity contribution in [3.05, 3.63) is 71.6 Å². The number of nitrogen functional groups attached to an aromatic ring is 1. The fourth-order valence-corrected chi connectivity index (χ4v) is 5.15. The number of anilines is 1. The minimum atomic E-state index is -0.654. The molecule has 1 unspecified atom stereocenters. The molecule has 1 saturated heterocycles. The van der Waals surface area contributed by atoms with Crippen LogP contribution in [0.3, 0.4) is 0 Å². The number of aryl methyl sites for hydroxylation is 1. The van der Waals surface area contributed by atoms with Gasteiger partial charge >= 0.3 is 0 Å². The summed E-state index contributed by atoms with van der Waals surface area (Å²) in [4.78, 5) is 23.5. The Hall–Kier alpha value is -4.85.